The van der Waals surface area contributed by atoms with Crippen molar-refractivity contribution in [1.82, 2.24) is 4.90 Å². The van der Waals surface area contributed by atoms with Gasteiger partial charge >= 0.3 is 0 Å². The van der Waals surface area contributed by atoms with E-state index in [1.807, 2.05) is 113 Å². The Morgan fingerprint density at radius 1 is 0.870 bits per heavy atom. The molecule has 2 nitrogen and oxygen atoms in total. The third-order valence-corrected chi connectivity index (χ3v) is 15.7. The van der Waals surface area contributed by atoms with Crippen LogP contribution in [-0.2, 0) is 10.8 Å². The van der Waals surface area contributed by atoms with Gasteiger partial charge in [0.2, 0.25) is 0 Å². The monoisotopic (exact) mass is 725 g/mol. The molecule has 1 aliphatic rings. The lowest BCUT2D eigenvalue weighted by molar-refractivity contribution is -0.0819. The molecular weight excluding hydrogens is 690 g/mol. The minimum atomic E-state index is -3.34. The second-order valence-electron chi connectivity index (χ2n) is 13.2. The Hall–Kier alpha value is -2.82. The number of nitrogens with zero attached hydrogens (tertiary/aromatic N) is 1. The first-order valence-corrected chi connectivity index (χ1v) is 18.9. The molecule has 4 aromatic carbocycles. The summed E-state index contributed by atoms with van der Waals surface area (Å²) in [5.41, 5.74) is 0.745. The van der Waals surface area contributed by atoms with E-state index in [0.717, 1.165) is 26.0 Å². The summed E-state index contributed by atoms with van der Waals surface area (Å²) in [6.45, 7) is 6.43. The summed E-state index contributed by atoms with van der Waals surface area (Å²) >= 11 is 4.59. The molecule has 1 aromatic heterocycles. The van der Waals surface area contributed by atoms with Gasteiger partial charge in [-0.25, -0.2) is 17.6 Å². The van der Waals surface area contributed by atoms with Crippen LogP contribution in [0.15, 0.2) is 102 Å². The van der Waals surface area contributed by atoms with Crippen LogP contribution in [0.4, 0.5) is 17.6 Å². The van der Waals surface area contributed by atoms with Gasteiger partial charge in [-0.05, 0) is 57.9 Å². The quantitative estimate of drug-likeness (QED) is 0.117. The van der Waals surface area contributed by atoms with Crippen LogP contribution in [0.3, 0.4) is 0 Å². The van der Waals surface area contributed by atoms with Crippen molar-refractivity contribution < 1.29 is 22.0 Å². The Labute approximate surface area is 281 Å². The first kappa shape index (κ1) is 33.1. The molecule has 2 heterocycles. The van der Waals surface area contributed by atoms with Crippen molar-refractivity contribution in [2.24, 2.45) is 0 Å². The Balaban J connectivity index is 1.41. The average Bonchev–Trinajstić information content (AvgIpc) is 3.37. The Morgan fingerprint density at radius 2 is 1.41 bits per heavy atom. The summed E-state index contributed by atoms with van der Waals surface area (Å²) < 4.78 is 72.3. The molecule has 0 bridgehead atoms. The molecule has 6 rings (SSSR count). The molecule has 0 aliphatic carbocycles. The Morgan fingerprint density at radius 3 is 1.98 bits per heavy atom. The highest BCUT2D eigenvalue weighted by molar-refractivity contribution is 9.10. The molecule has 1 aliphatic heterocycles. The molecule has 0 unspecified atom stereocenters. The van der Waals surface area contributed by atoms with Crippen LogP contribution in [0.1, 0.15) is 49.7 Å². The zero-order valence-corrected chi connectivity index (χ0v) is 29.6. The van der Waals surface area contributed by atoms with Crippen molar-refractivity contribution >= 4 is 56.0 Å². The van der Waals surface area contributed by atoms with Crippen LogP contribution in [0, 0.1) is 11.6 Å². The van der Waals surface area contributed by atoms with Crippen LogP contribution in [0.25, 0.3) is 10.1 Å². The van der Waals surface area contributed by atoms with Gasteiger partial charge in [0.05, 0.1) is 19.2 Å². The third kappa shape index (κ3) is 6.01. The van der Waals surface area contributed by atoms with Gasteiger partial charge in [0, 0.05) is 25.7 Å². The summed E-state index contributed by atoms with van der Waals surface area (Å²) in [7, 11) is -3.25. The van der Waals surface area contributed by atoms with Gasteiger partial charge in [-0.2, -0.15) is 0 Å². The standard InChI is InChI=1S/C37H36BrF4NOSSi/c1-24-19-29-28-17-11-12-18-32(28)45-35(29)34(33-30(39)20-25(38)21-31(33)40)43(24)22-37(41,42)23-44-46(36(2,3)4,26-13-7-5-8-14-26)27-15-9-6-10-16-27/h5-18,20-21,24,34H,19,22-23H2,1-4H3/t24-,34-/m1/s1. The van der Waals surface area contributed by atoms with Crippen LogP contribution in [-0.4, -0.2) is 38.3 Å². The zero-order valence-electron chi connectivity index (χ0n) is 26.2. The highest BCUT2D eigenvalue weighted by atomic mass is 79.9. The van der Waals surface area contributed by atoms with E-state index in [-0.39, 0.29) is 10.0 Å². The fourth-order valence-electron chi connectivity index (χ4n) is 7.01. The zero-order chi connectivity index (χ0) is 32.9. The number of halogens is 5. The molecule has 0 amide bonds. The van der Waals surface area contributed by atoms with Gasteiger partial charge in [0.15, 0.2) is 0 Å². The predicted molar refractivity (Wildman–Crippen MR) is 186 cm³/mol. The van der Waals surface area contributed by atoms with E-state index in [1.165, 1.54) is 23.5 Å². The summed E-state index contributed by atoms with van der Waals surface area (Å²) in [4.78, 5) is 2.27. The number of hydrogen-bond acceptors (Lipinski definition) is 3. The Bertz CT molecular complexity index is 1780. The van der Waals surface area contributed by atoms with Crippen molar-refractivity contribution in [1.29, 1.82) is 0 Å². The second kappa shape index (κ2) is 12.7. The van der Waals surface area contributed by atoms with E-state index >= 15 is 17.6 Å². The predicted octanol–water partition coefficient (Wildman–Crippen LogP) is 9.49. The lowest BCUT2D eigenvalue weighted by Crippen LogP contribution is -2.67. The highest BCUT2D eigenvalue weighted by Crippen LogP contribution is 2.48. The summed E-state index contributed by atoms with van der Waals surface area (Å²) in [5, 5.41) is 2.33. The number of rotatable bonds is 8. The molecule has 0 radical (unpaired) electrons. The van der Waals surface area contributed by atoms with E-state index in [4.69, 9.17) is 4.43 Å². The van der Waals surface area contributed by atoms with Crippen LogP contribution >= 0.6 is 27.3 Å². The van der Waals surface area contributed by atoms with Crippen LogP contribution < -0.4 is 10.4 Å². The lowest BCUT2D eigenvalue weighted by Gasteiger charge is -2.45. The summed E-state index contributed by atoms with van der Waals surface area (Å²) in [6.07, 6.45) is 0.487. The maximum Gasteiger partial charge on any atom is 0.282 e. The first-order valence-electron chi connectivity index (χ1n) is 15.4. The van der Waals surface area contributed by atoms with Gasteiger partial charge in [0.1, 0.15) is 11.6 Å². The fraction of sp³-hybridized carbons (Fsp3) is 0.297. The van der Waals surface area contributed by atoms with E-state index < -0.39 is 56.1 Å². The fourth-order valence-corrected chi connectivity index (χ4v) is 13.4. The number of alkyl halides is 2. The van der Waals surface area contributed by atoms with Crippen molar-refractivity contribution in [2.45, 2.75) is 57.2 Å². The normalized spacial score (nSPS) is 17.8. The first-order chi connectivity index (χ1) is 21.8. The van der Waals surface area contributed by atoms with Gasteiger partial charge < -0.3 is 4.43 Å². The molecule has 240 valence electrons. The van der Waals surface area contributed by atoms with Gasteiger partial charge in [-0.1, -0.05) is 116 Å². The van der Waals surface area contributed by atoms with Crippen molar-refractivity contribution in [3.05, 3.63) is 129 Å². The molecule has 0 N–H and O–H groups in total. The highest BCUT2D eigenvalue weighted by Gasteiger charge is 2.52. The summed E-state index contributed by atoms with van der Waals surface area (Å²) in [6, 6.07) is 28.1. The maximum absolute atomic E-state index is 16.5. The van der Waals surface area contributed by atoms with E-state index in [9.17, 15) is 0 Å². The number of hydrogen-bond donors (Lipinski definition) is 0. The van der Waals surface area contributed by atoms with Crippen molar-refractivity contribution in [3.8, 4) is 0 Å². The van der Waals surface area contributed by atoms with Crippen LogP contribution in [0.2, 0.25) is 5.04 Å². The minimum absolute atomic E-state index is 0.216. The maximum atomic E-state index is 16.5. The van der Waals surface area contributed by atoms with Gasteiger partial charge in [0.25, 0.3) is 14.2 Å². The lowest BCUT2D eigenvalue weighted by atomic mass is 9.88. The second-order valence-corrected chi connectivity index (χ2v) is 19.5. The third-order valence-electron chi connectivity index (χ3n) is 9.02. The van der Waals surface area contributed by atoms with Crippen LogP contribution in [0.5, 0.6) is 0 Å². The molecular formula is C37H36BrF4NOSSi. The van der Waals surface area contributed by atoms with Gasteiger partial charge in [-0.15, -0.1) is 11.3 Å². The minimum Gasteiger partial charge on any atom is -0.401 e. The van der Waals surface area contributed by atoms with Crippen molar-refractivity contribution in [3.63, 3.8) is 0 Å². The number of thiophene rings is 1. The van der Waals surface area contributed by atoms with Crippen molar-refractivity contribution in [2.75, 3.05) is 13.2 Å². The summed E-state index contributed by atoms with van der Waals surface area (Å²) in [5.74, 6) is -4.88. The van der Waals surface area contributed by atoms with E-state index in [2.05, 4.69) is 15.9 Å². The average molecular weight is 727 g/mol. The smallest absolute Gasteiger partial charge is 0.282 e. The number of benzene rings is 4. The van der Waals surface area contributed by atoms with E-state index in [1.54, 1.807) is 4.90 Å². The molecule has 0 spiro atoms. The molecule has 0 saturated carbocycles. The topological polar surface area (TPSA) is 12.5 Å². The largest absolute Gasteiger partial charge is 0.401 e. The molecule has 0 saturated heterocycles. The Kier molecular flexibility index (Phi) is 9.10. The molecule has 2 atom stereocenters. The van der Waals surface area contributed by atoms with E-state index in [0.29, 0.717) is 11.3 Å². The molecule has 5 aromatic rings. The molecule has 9 heteroatoms. The SMILES string of the molecule is C[C@@H]1Cc2c(sc3ccccc23)[C@@H](c2c(F)cc(Br)cc2F)N1CC(F)(F)CO[Si](c1ccccc1)(c1ccccc1)C(C)(C)C. The van der Waals surface area contributed by atoms with Gasteiger partial charge in [-0.3, -0.25) is 4.90 Å². The number of fused-ring (bicyclic) bond motifs is 3. The molecule has 46 heavy (non-hydrogen) atoms. The molecule has 0 fully saturated rings.